The first-order chi connectivity index (χ1) is 19.7. The SMILES string of the molecule is CCOC(=O)c1c(OC(=O)c2ccccc2)c2ncc(Cc3ccc(F)cc3C(=O)N(CC)CC)cc2n(C)c1=O. The molecule has 212 valence electrons. The van der Waals surface area contributed by atoms with E-state index in [9.17, 15) is 23.6 Å². The van der Waals surface area contributed by atoms with Crippen LogP contribution >= 0.6 is 0 Å². The monoisotopic (exact) mass is 559 g/mol. The molecule has 4 rings (SSSR count). The highest BCUT2D eigenvalue weighted by atomic mass is 19.1. The van der Waals surface area contributed by atoms with E-state index >= 15 is 0 Å². The van der Waals surface area contributed by atoms with Gasteiger partial charge in [0.25, 0.3) is 11.5 Å². The summed E-state index contributed by atoms with van der Waals surface area (Å²) in [5.41, 5.74) is 0.844. The van der Waals surface area contributed by atoms with Gasteiger partial charge in [-0.15, -0.1) is 0 Å². The van der Waals surface area contributed by atoms with Crippen LogP contribution in [0.4, 0.5) is 4.39 Å². The fourth-order valence-electron chi connectivity index (χ4n) is 4.53. The number of aromatic nitrogens is 2. The number of hydrogen-bond acceptors (Lipinski definition) is 7. The molecule has 4 aromatic rings. The van der Waals surface area contributed by atoms with Crippen LogP contribution in [-0.4, -0.2) is 52.0 Å². The van der Waals surface area contributed by atoms with Gasteiger partial charge in [-0.1, -0.05) is 24.3 Å². The van der Waals surface area contributed by atoms with E-state index in [0.29, 0.717) is 24.2 Å². The molecule has 0 saturated carbocycles. The standard InChI is InChI=1S/C31H30FN3O6/c1-5-35(6-2)28(36)23-17-22(32)14-13-21(23)15-19-16-24-26(33-18-19)27(41-30(38)20-11-9-8-10-12-20)25(29(37)34(24)4)31(39)40-7-3/h8-14,16-18H,5-7,15H2,1-4H3. The highest BCUT2D eigenvalue weighted by Crippen LogP contribution is 2.29. The van der Waals surface area contributed by atoms with Crippen LogP contribution in [0.25, 0.3) is 11.0 Å². The molecular formula is C31H30FN3O6. The predicted octanol–water partition coefficient (Wildman–Crippen LogP) is 4.54. The predicted molar refractivity (Wildman–Crippen MR) is 151 cm³/mol. The molecule has 0 aliphatic heterocycles. The third-order valence-corrected chi connectivity index (χ3v) is 6.68. The zero-order chi connectivity index (χ0) is 29.7. The van der Waals surface area contributed by atoms with E-state index in [4.69, 9.17) is 9.47 Å². The molecule has 0 fully saturated rings. The number of pyridine rings is 2. The number of amides is 1. The number of ether oxygens (including phenoxy) is 2. The van der Waals surface area contributed by atoms with Crippen LogP contribution in [0, 0.1) is 5.82 Å². The molecule has 0 aliphatic rings. The van der Waals surface area contributed by atoms with Gasteiger partial charge in [0.15, 0.2) is 11.3 Å². The Hall–Kier alpha value is -4.86. The van der Waals surface area contributed by atoms with E-state index in [-0.39, 0.29) is 46.8 Å². The Labute approximate surface area is 236 Å². The summed E-state index contributed by atoms with van der Waals surface area (Å²) >= 11 is 0. The van der Waals surface area contributed by atoms with Crippen LogP contribution in [0.15, 0.2) is 65.6 Å². The minimum atomic E-state index is -0.942. The van der Waals surface area contributed by atoms with E-state index in [2.05, 4.69) is 4.98 Å². The lowest BCUT2D eigenvalue weighted by Gasteiger charge is -2.20. The Morgan fingerprint density at radius 1 is 0.976 bits per heavy atom. The average Bonchev–Trinajstić information content (AvgIpc) is 2.97. The molecule has 2 aromatic carbocycles. The molecule has 0 saturated heterocycles. The van der Waals surface area contributed by atoms with Crippen molar-refractivity contribution in [3.8, 4) is 5.75 Å². The fraction of sp³-hybridized carbons (Fsp3) is 0.258. The summed E-state index contributed by atoms with van der Waals surface area (Å²) in [4.78, 5) is 58.3. The molecule has 0 unspecified atom stereocenters. The number of esters is 2. The quantitative estimate of drug-likeness (QED) is 0.277. The highest BCUT2D eigenvalue weighted by molar-refractivity contribution is 6.02. The van der Waals surface area contributed by atoms with Crippen LogP contribution in [0.5, 0.6) is 5.75 Å². The number of hydrogen-bond donors (Lipinski definition) is 0. The maximum absolute atomic E-state index is 14.2. The van der Waals surface area contributed by atoms with Crippen molar-refractivity contribution in [2.24, 2.45) is 7.05 Å². The van der Waals surface area contributed by atoms with Gasteiger partial charge >= 0.3 is 11.9 Å². The van der Waals surface area contributed by atoms with E-state index in [1.54, 1.807) is 54.3 Å². The van der Waals surface area contributed by atoms with Crippen LogP contribution in [0.2, 0.25) is 0 Å². The van der Waals surface area contributed by atoms with Gasteiger partial charge in [0.1, 0.15) is 11.3 Å². The zero-order valence-electron chi connectivity index (χ0n) is 23.3. The van der Waals surface area contributed by atoms with Crippen molar-refractivity contribution in [2.75, 3.05) is 19.7 Å². The van der Waals surface area contributed by atoms with Crippen LogP contribution in [-0.2, 0) is 18.2 Å². The van der Waals surface area contributed by atoms with Crippen LogP contribution in [0.1, 0.15) is 63.0 Å². The number of rotatable bonds is 9. The lowest BCUT2D eigenvalue weighted by molar-refractivity contribution is 0.0517. The van der Waals surface area contributed by atoms with Gasteiger partial charge in [-0.05, 0) is 68.7 Å². The van der Waals surface area contributed by atoms with Gasteiger partial charge in [0, 0.05) is 31.9 Å². The number of carbonyl (C=O) groups is 3. The maximum Gasteiger partial charge on any atom is 0.347 e. The Kier molecular flexibility index (Phi) is 8.91. The Morgan fingerprint density at radius 2 is 1.68 bits per heavy atom. The third-order valence-electron chi connectivity index (χ3n) is 6.68. The highest BCUT2D eigenvalue weighted by Gasteiger charge is 2.27. The summed E-state index contributed by atoms with van der Waals surface area (Å²) in [6.45, 7) is 6.24. The van der Waals surface area contributed by atoms with E-state index < -0.39 is 28.9 Å². The minimum Gasteiger partial charge on any atom is -0.462 e. The van der Waals surface area contributed by atoms with Crippen molar-refractivity contribution in [1.29, 1.82) is 0 Å². The zero-order valence-corrected chi connectivity index (χ0v) is 23.3. The lowest BCUT2D eigenvalue weighted by atomic mass is 9.99. The summed E-state index contributed by atoms with van der Waals surface area (Å²) in [5.74, 6) is -2.84. The van der Waals surface area contributed by atoms with Crippen molar-refractivity contribution in [3.05, 3.63) is 105 Å². The van der Waals surface area contributed by atoms with Gasteiger partial charge in [-0.3, -0.25) is 14.6 Å². The summed E-state index contributed by atoms with van der Waals surface area (Å²) in [6, 6.07) is 13.8. The third kappa shape index (κ3) is 6.01. The second kappa shape index (κ2) is 12.5. The van der Waals surface area contributed by atoms with E-state index in [1.807, 2.05) is 13.8 Å². The van der Waals surface area contributed by atoms with Crippen molar-refractivity contribution in [2.45, 2.75) is 27.2 Å². The molecule has 0 radical (unpaired) electrons. The van der Waals surface area contributed by atoms with E-state index in [0.717, 1.165) is 0 Å². The fourth-order valence-corrected chi connectivity index (χ4v) is 4.53. The molecule has 10 heteroatoms. The first-order valence-electron chi connectivity index (χ1n) is 13.2. The number of benzene rings is 2. The molecular weight excluding hydrogens is 529 g/mol. The first kappa shape index (κ1) is 29.1. The van der Waals surface area contributed by atoms with E-state index in [1.165, 1.54) is 29.9 Å². The normalized spacial score (nSPS) is 10.9. The smallest absolute Gasteiger partial charge is 0.347 e. The van der Waals surface area contributed by atoms with Crippen molar-refractivity contribution >= 4 is 28.9 Å². The van der Waals surface area contributed by atoms with Crippen molar-refractivity contribution in [1.82, 2.24) is 14.5 Å². The molecule has 0 bridgehead atoms. The van der Waals surface area contributed by atoms with Gasteiger partial charge < -0.3 is 18.9 Å². The number of carbonyl (C=O) groups excluding carboxylic acids is 3. The van der Waals surface area contributed by atoms with Crippen molar-refractivity contribution < 1.29 is 28.2 Å². The van der Waals surface area contributed by atoms with Crippen LogP contribution < -0.4 is 10.3 Å². The molecule has 1 amide bonds. The Bertz CT molecular complexity index is 1680. The van der Waals surface area contributed by atoms with Crippen LogP contribution in [0.3, 0.4) is 0 Å². The second-order valence-electron chi connectivity index (χ2n) is 9.21. The lowest BCUT2D eigenvalue weighted by Crippen LogP contribution is -2.31. The molecule has 9 nitrogen and oxygen atoms in total. The van der Waals surface area contributed by atoms with Gasteiger partial charge in [-0.2, -0.15) is 0 Å². The Morgan fingerprint density at radius 3 is 2.34 bits per heavy atom. The number of fused-ring (bicyclic) bond motifs is 1. The molecule has 0 aliphatic carbocycles. The molecule has 0 N–H and O–H groups in total. The molecule has 0 atom stereocenters. The summed E-state index contributed by atoms with van der Waals surface area (Å²) < 4.78 is 26.1. The molecule has 41 heavy (non-hydrogen) atoms. The summed E-state index contributed by atoms with van der Waals surface area (Å²) in [5, 5.41) is 0. The number of halogens is 1. The second-order valence-corrected chi connectivity index (χ2v) is 9.21. The topological polar surface area (TPSA) is 108 Å². The molecule has 2 heterocycles. The minimum absolute atomic E-state index is 0.00464. The van der Waals surface area contributed by atoms with Gasteiger partial charge in [0.05, 0.1) is 17.7 Å². The van der Waals surface area contributed by atoms with Gasteiger partial charge in [-0.25, -0.2) is 14.0 Å². The average molecular weight is 560 g/mol. The maximum atomic E-state index is 14.2. The Balaban J connectivity index is 1.84. The summed E-state index contributed by atoms with van der Waals surface area (Å²) in [7, 11) is 1.47. The number of nitrogens with zero attached hydrogens (tertiary/aromatic N) is 3. The number of aryl methyl sites for hydroxylation is 1. The van der Waals surface area contributed by atoms with Gasteiger partial charge in [0.2, 0.25) is 0 Å². The molecule has 0 spiro atoms. The molecule has 2 aromatic heterocycles. The largest absolute Gasteiger partial charge is 0.462 e. The van der Waals surface area contributed by atoms with Crippen molar-refractivity contribution in [3.63, 3.8) is 0 Å². The first-order valence-corrected chi connectivity index (χ1v) is 13.2. The summed E-state index contributed by atoms with van der Waals surface area (Å²) in [6.07, 6.45) is 1.70.